The smallest absolute Gasteiger partial charge is 0.321 e. The van der Waals surface area contributed by atoms with E-state index in [9.17, 15) is 17.6 Å². The van der Waals surface area contributed by atoms with Gasteiger partial charge < -0.3 is 15.2 Å². The number of nitrogens with zero attached hydrogens (tertiary/aromatic N) is 1. The fourth-order valence-electron chi connectivity index (χ4n) is 1.46. The van der Waals surface area contributed by atoms with Crippen LogP contribution in [0.1, 0.15) is 0 Å². The summed E-state index contributed by atoms with van der Waals surface area (Å²) in [5, 5.41) is 0. The zero-order valence-corrected chi connectivity index (χ0v) is 12.0. The molecule has 1 aromatic rings. The summed E-state index contributed by atoms with van der Waals surface area (Å²) in [6.45, 7) is -0.494. The summed E-state index contributed by atoms with van der Waals surface area (Å²) >= 11 is 0. The molecule has 0 saturated heterocycles. The second-order valence-corrected chi connectivity index (χ2v) is 5.91. The van der Waals surface area contributed by atoms with Crippen molar-refractivity contribution in [3.05, 3.63) is 17.9 Å². The molecular formula is C11H15FN2O5S. The van der Waals surface area contributed by atoms with Crippen LogP contribution in [0.25, 0.3) is 0 Å². The lowest BCUT2D eigenvalue weighted by atomic mass is 10.3. The molecule has 112 valence electrons. The molecule has 2 N–H and O–H groups in total. The molecule has 0 amide bonds. The van der Waals surface area contributed by atoms with E-state index < -0.39 is 28.4 Å². The first-order valence-corrected chi connectivity index (χ1v) is 6.84. The van der Waals surface area contributed by atoms with Crippen molar-refractivity contribution in [3.8, 4) is 5.75 Å². The van der Waals surface area contributed by atoms with E-state index in [1.165, 1.54) is 14.2 Å². The summed E-state index contributed by atoms with van der Waals surface area (Å²) < 4.78 is 47.8. The zero-order valence-electron chi connectivity index (χ0n) is 11.2. The Morgan fingerprint density at radius 2 is 2.00 bits per heavy atom. The Kier molecular flexibility index (Phi) is 4.90. The minimum Gasteiger partial charge on any atom is -0.492 e. The number of anilines is 1. The predicted molar refractivity (Wildman–Crippen MR) is 69.2 cm³/mol. The Hall–Kier alpha value is -1.87. The molecule has 0 fully saturated rings. The van der Waals surface area contributed by atoms with Crippen LogP contribution in [0.2, 0.25) is 0 Å². The number of halogens is 1. The number of sulfonamides is 1. The van der Waals surface area contributed by atoms with Gasteiger partial charge in [-0.2, -0.15) is 4.31 Å². The van der Waals surface area contributed by atoms with Gasteiger partial charge >= 0.3 is 5.97 Å². The van der Waals surface area contributed by atoms with E-state index in [1.54, 1.807) is 0 Å². The molecule has 0 saturated carbocycles. The van der Waals surface area contributed by atoms with E-state index in [2.05, 4.69) is 4.74 Å². The van der Waals surface area contributed by atoms with E-state index in [1.807, 2.05) is 0 Å². The molecule has 0 aliphatic rings. The highest BCUT2D eigenvalue weighted by Crippen LogP contribution is 2.29. The van der Waals surface area contributed by atoms with Crippen LogP contribution < -0.4 is 10.5 Å². The molecule has 20 heavy (non-hydrogen) atoms. The number of hydrogen-bond donors (Lipinski definition) is 1. The Labute approximate surface area is 116 Å². The number of nitrogen functional groups attached to an aromatic ring is 1. The van der Waals surface area contributed by atoms with Crippen molar-refractivity contribution in [1.29, 1.82) is 0 Å². The van der Waals surface area contributed by atoms with Gasteiger partial charge in [0.15, 0.2) is 11.6 Å². The van der Waals surface area contributed by atoms with E-state index in [0.717, 1.165) is 23.5 Å². The van der Waals surface area contributed by atoms with Crippen LogP contribution >= 0.6 is 0 Å². The number of nitrogens with two attached hydrogens (primary N) is 1. The van der Waals surface area contributed by atoms with Crippen LogP contribution in [-0.4, -0.2) is 46.5 Å². The van der Waals surface area contributed by atoms with Gasteiger partial charge in [-0.1, -0.05) is 0 Å². The van der Waals surface area contributed by atoms with Crippen molar-refractivity contribution >= 4 is 21.7 Å². The zero-order chi connectivity index (χ0) is 15.5. The van der Waals surface area contributed by atoms with Gasteiger partial charge in [-0.25, -0.2) is 12.8 Å². The third-order valence-electron chi connectivity index (χ3n) is 2.54. The number of hydrogen-bond acceptors (Lipinski definition) is 6. The lowest BCUT2D eigenvalue weighted by Crippen LogP contribution is -2.32. The third kappa shape index (κ3) is 3.17. The highest BCUT2D eigenvalue weighted by atomic mass is 32.2. The number of carbonyl (C=O) groups excluding carboxylic acids is 1. The second kappa shape index (κ2) is 6.06. The summed E-state index contributed by atoms with van der Waals surface area (Å²) in [4.78, 5) is 10.7. The lowest BCUT2D eigenvalue weighted by Gasteiger charge is -2.17. The van der Waals surface area contributed by atoms with Gasteiger partial charge in [0.25, 0.3) is 0 Å². The Morgan fingerprint density at radius 3 is 2.45 bits per heavy atom. The third-order valence-corrected chi connectivity index (χ3v) is 4.32. The molecule has 1 aromatic carbocycles. The molecule has 0 aromatic heterocycles. The van der Waals surface area contributed by atoms with Crippen molar-refractivity contribution in [1.82, 2.24) is 4.31 Å². The number of carbonyl (C=O) groups is 1. The van der Waals surface area contributed by atoms with Gasteiger partial charge in [-0.15, -0.1) is 0 Å². The lowest BCUT2D eigenvalue weighted by molar-refractivity contribution is -0.140. The van der Waals surface area contributed by atoms with Crippen molar-refractivity contribution in [2.24, 2.45) is 0 Å². The number of ether oxygens (including phenoxy) is 2. The average Bonchev–Trinajstić information content (AvgIpc) is 2.37. The quantitative estimate of drug-likeness (QED) is 0.617. The number of benzene rings is 1. The fraction of sp³-hybridized carbons (Fsp3) is 0.364. The molecule has 0 heterocycles. The number of esters is 1. The van der Waals surface area contributed by atoms with Crippen LogP contribution in [0.5, 0.6) is 5.75 Å². The summed E-state index contributed by atoms with van der Waals surface area (Å²) in [6.07, 6.45) is 0. The maximum atomic E-state index is 13.7. The van der Waals surface area contributed by atoms with Crippen LogP contribution in [0.3, 0.4) is 0 Å². The number of likely N-dealkylation sites (N-methyl/N-ethyl adjacent to an activating group) is 1. The van der Waals surface area contributed by atoms with Crippen LogP contribution in [0.4, 0.5) is 10.1 Å². The molecule has 0 aliphatic carbocycles. The standard InChI is InChI=1S/C11H15FN2O5S/c1-14(6-10(15)18-2)20(16,17)7-4-8(12)11(19-3)9(13)5-7/h4-5H,6,13H2,1-3H3. The SMILES string of the molecule is COC(=O)CN(C)S(=O)(=O)c1cc(N)c(OC)c(F)c1. The normalized spacial score (nSPS) is 11.4. The molecule has 0 radical (unpaired) electrons. The van der Waals surface area contributed by atoms with E-state index in [4.69, 9.17) is 10.5 Å². The number of methoxy groups -OCH3 is 2. The largest absolute Gasteiger partial charge is 0.492 e. The first-order valence-electron chi connectivity index (χ1n) is 5.40. The van der Waals surface area contributed by atoms with Crippen molar-refractivity contribution in [2.75, 3.05) is 33.5 Å². The van der Waals surface area contributed by atoms with Crippen molar-refractivity contribution in [2.45, 2.75) is 4.90 Å². The summed E-state index contributed by atoms with van der Waals surface area (Å²) in [7, 11) is -0.539. The maximum Gasteiger partial charge on any atom is 0.321 e. The Bertz CT molecular complexity index is 594. The van der Waals surface area contributed by atoms with E-state index in [-0.39, 0.29) is 16.3 Å². The molecule has 9 heteroatoms. The molecule has 7 nitrogen and oxygen atoms in total. The highest BCUT2D eigenvalue weighted by Gasteiger charge is 2.25. The van der Waals surface area contributed by atoms with Gasteiger partial charge in [-0.3, -0.25) is 4.79 Å². The average molecular weight is 306 g/mol. The van der Waals surface area contributed by atoms with Gasteiger partial charge in [0.05, 0.1) is 24.8 Å². The first kappa shape index (κ1) is 16.2. The first-order chi connectivity index (χ1) is 9.23. The van der Waals surface area contributed by atoms with Crippen LogP contribution in [-0.2, 0) is 19.6 Å². The molecule has 0 bridgehead atoms. The van der Waals surface area contributed by atoms with Gasteiger partial charge in [0.2, 0.25) is 10.0 Å². The Balaban J connectivity index is 3.19. The topological polar surface area (TPSA) is 98.9 Å². The van der Waals surface area contributed by atoms with Crippen LogP contribution in [0.15, 0.2) is 17.0 Å². The summed E-state index contributed by atoms with van der Waals surface area (Å²) in [5.74, 6) is -1.88. The molecule has 0 atom stereocenters. The second-order valence-electron chi connectivity index (χ2n) is 3.86. The van der Waals surface area contributed by atoms with Crippen LogP contribution in [0, 0.1) is 5.82 Å². The predicted octanol–water partition coefficient (Wildman–Crippen LogP) is 0.210. The van der Waals surface area contributed by atoms with Crippen molar-refractivity contribution < 1.29 is 27.1 Å². The van der Waals surface area contributed by atoms with Gasteiger partial charge in [-0.05, 0) is 12.1 Å². The monoisotopic (exact) mass is 306 g/mol. The molecule has 1 rings (SSSR count). The highest BCUT2D eigenvalue weighted by molar-refractivity contribution is 7.89. The fourth-order valence-corrected chi connectivity index (χ4v) is 2.63. The summed E-state index contributed by atoms with van der Waals surface area (Å²) in [5.41, 5.74) is 5.36. The number of rotatable bonds is 5. The molecule has 0 unspecified atom stereocenters. The minimum absolute atomic E-state index is 0.155. The van der Waals surface area contributed by atoms with Crippen molar-refractivity contribution in [3.63, 3.8) is 0 Å². The minimum atomic E-state index is -4.06. The molecular weight excluding hydrogens is 291 g/mol. The Morgan fingerprint density at radius 1 is 1.40 bits per heavy atom. The van der Waals surface area contributed by atoms with E-state index in [0.29, 0.717) is 0 Å². The van der Waals surface area contributed by atoms with E-state index >= 15 is 0 Å². The van der Waals surface area contributed by atoms with Gasteiger partial charge in [0.1, 0.15) is 6.54 Å². The van der Waals surface area contributed by atoms with Gasteiger partial charge in [0, 0.05) is 7.05 Å². The maximum absolute atomic E-state index is 13.7. The molecule has 0 aliphatic heterocycles. The summed E-state index contributed by atoms with van der Waals surface area (Å²) in [6, 6.07) is 1.84. The molecule has 0 spiro atoms.